The first-order valence-corrected chi connectivity index (χ1v) is 9.54. The smallest absolute Gasteiger partial charge is 0.263 e. The van der Waals surface area contributed by atoms with E-state index in [-0.39, 0.29) is 11.6 Å². The number of imide groups is 1. The van der Waals surface area contributed by atoms with Gasteiger partial charge in [0.15, 0.2) is 12.1 Å². The Kier molecular flexibility index (Phi) is 5.16. The van der Waals surface area contributed by atoms with Crippen LogP contribution in [0, 0.1) is 0 Å². The fourth-order valence-corrected chi connectivity index (χ4v) is 3.79. The highest BCUT2D eigenvalue weighted by molar-refractivity contribution is 6.36. The van der Waals surface area contributed by atoms with E-state index in [1.165, 1.54) is 17.1 Å². The summed E-state index contributed by atoms with van der Waals surface area (Å²) in [5.41, 5.74) is 0.706. The van der Waals surface area contributed by atoms with Crippen LogP contribution in [0.5, 0.6) is 0 Å². The van der Waals surface area contributed by atoms with Crippen LogP contribution in [0.3, 0.4) is 0 Å². The molecule has 148 valence electrons. The van der Waals surface area contributed by atoms with E-state index in [2.05, 4.69) is 15.7 Å². The highest BCUT2D eigenvalue weighted by atomic mass is 35.5. The van der Waals surface area contributed by atoms with Gasteiger partial charge in [-0.15, -0.1) is 0 Å². The van der Waals surface area contributed by atoms with Crippen molar-refractivity contribution >= 4 is 63.9 Å². The molecule has 2 atom stereocenters. The number of anilines is 2. The van der Waals surface area contributed by atoms with E-state index in [9.17, 15) is 14.4 Å². The number of hydrogen-bond acceptors (Lipinski definition) is 6. The van der Waals surface area contributed by atoms with Crippen molar-refractivity contribution in [2.24, 2.45) is 10.3 Å². The summed E-state index contributed by atoms with van der Waals surface area (Å²) in [5, 5.41) is 12.6. The Bertz CT molecular complexity index is 1060. The number of benzene rings is 2. The molecule has 0 aliphatic carbocycles. The first kappa shape index (κ1) is 19.6. The van der Waals surface area contributed by atoms with Crippen molar-refractivity contribution in [1.29, 1.82) is 0 Å². The fraction of sp³-hybridized carbons (Fsp3) is 0.167. The molecule has 4 rings (SSSR count). The lowest BCUT2D eigenvalue weighted by Gasteiger charge is -2.20. The minimum atomic E-state index is -1.01. The van der Waals surface area contributed by atoms with Gasteiger partial charge in [-0.25, -0.2) is 4.90 Å². The van der Waals surface area contributed by atoms with Gasteiger partial charge in [-0.05, 0) is 36.4 Å². The maximum atomic E-state index is 12.9. The van der Waals surface area contributed by atoms with E-state index in [4.69, 9.17) is 34.8 Å². The molecule has 1 saturated heterocycles. The van der Waals surface area contributed by atoms with Crippen LogP contribution in [0.4, 0.5) is 11.4 Å². The maximum Gasteiger partial charge on any atom is 0.263 e. The summed E-state index contributed by atoms with van der Waals surface area (Å²) in [7, 11) is 0. The van der Waals surface area contributed by atoms with Gasteiger partial charge in [-0.1, -0.05) is 46.1 Å². The third-order valence-electron chi connectivity index (χ3n) is 4.44. The van der Waals surface area contributed by atoms with Gasteiger partial charge in [0.1, 0.15) is 6.54 Å². The lowest BCUT2D eigenvalue weighted by atomic mass is 10.1. The third-order valence-corrected chi connectivity index (χ3v) is 5.22. The number of nitrogens with zero attached hydrogens (tertiary/aromatic N) is 4. The number of carbonyl (C=O) groups is 3. The molecule has 2 unspecified atom stereocenters. The number of nitrogens with one attached hydrogen (secondary N) is 1. The molecule has 2 aliphatic rings. The van der Waals surface area contributed by atoms with Crippen LogP contribution in [0.15, 0.2) is 52.8 Å². The summed E-state index contributed by atoms with van der Waals surface area (Å²) in [6.07, 6.45) is 0. The minimum absolute atomic E-state index is 0.269. The molecule has 2 aliphatic heterocycles. The van der Waals surface area contributed by atoms with Crippen molar-refractivity contribution in [3.05, 3.63) is 57.5 Å². The Labute approximate surface area is 180 Å². The number of hydrogen-bond donors (Lipinski definition) is 1. The second kappa shape index (κ2) is 7.62. The molecule has 0 saturated carbocycles. The topological polar surface area (TPSA) is 94.4 Å². The summed E-state index contributed by atoms with van der Waals surface area (Å²) < 4.78 is 0. The van der Waals surface area contributed by atoms with Gasteiger partial charge in [0, 0.05) is 10.0 Å². The molecule has 2 aromatic rings. The summed E-state index contributed by atoms with van der Waals surface area (Å²) in [5.74, 6) is -1.52. The minimum Gasteiger partial charge on any atom is -0.323 e. The Hall–Kier alpha value is -2.68. The molecular formula is C18H12Cl3N5O3. The molecule has 2 aromatic carbocycles. The standard InChI is InChI=1S/C18H12Cl3N5O3/c19-9-2-1-3-11(6-9)26-17(28)15-16(18(26)29)25(24-23-15)8-14(27)22-13-5-4-10(20)7-12(13)21/h1-7,15-16H,8H2,(H,22,27). The zero-order valence-corrected chi connectivity index (χ0v) is 16.8. The zero-order valence-electron chi connectivity index (χ0n) is 14.6. The second-order valence-corrected chi connectivity index (χ2v) is 7.64. The van der Waals surface area contributed by atoms with Crippen LogP contribution in [-0.4, -0.2) is 41.4 Å². The molecule has 2 heterocycles. The van der Waals surface area contributed by atoms with E-state index >= 15 is 0 Å². The van der Waals surface area contributed by atoms with Crippen molar-refractivity contribution in [2.75, 3.05) is 16.8 Å². The van der Waals surface area contributed by atoms with Crippen molar-refractivity contribution in [3.8, 4) is 0 Å². The van der Waals surface area contributed by atoms with Crippen LogP contribution < -0.4 is 10.2 Å². The van der Waals surface area contributed by atoms with E-state index in [0.29, 0.717) is 21.4 Å². The van der Waals surface area contributed by atoms with Crippen LogP contribution in [0.25, 0.3) is 0 Å². The highest BCUT2D eigenvalue weighted by Crippen LogP contribution is 2.33. The molecule has 0 bridgehead atoms. The van der Waals surface area contributed by atoms with Crippen molar-refractivity contribution in [2.45, 2.75) is 12.1 Å². The normalized spacial score (nSPS) is 20.4. The molecule has 11 heteroatoms. The number of carbonyl (C=O) groups excluding carboxylic acids is 3. The van der Waals surface area contributed by atoms with Crippen molar-refractivity contribution in [1.82, 2.24) is 5.01 Å². The van der Waals surface area contributed by atoms with Crippen LogP contribution in [0.1, 0.15) is 0 Å². The van der Waals surface area contributed by atoms with Crippen molar-refractivity contribution < 1.29 is 14.4 Å². The number of fused-ring (bicyclic) bond motifs is 1. The molecule has 0 radical (unpaired) electrons. The summed E-state index contributed by atoms with van der Waals surface area (Å²) in [6, 6.07) is 9.00. The van der Waals surface area contributed by atoms with Gasteiger partial charge in [0.25, 0.3) is 11.8 Å². The molecule has 0 spiro atoms. The van der Waals surface area contributed by atoms with Gasteiger partial charge in [-0.3, -0.25) is 19.4 Å². The molecule has 0 aromatic heterocycles. The highest BCUT2D eigenvalue weighted by Gasteiger charge is 2.55. The van der Waals surface area contributed by atoms with Crippen LogP contribution >= 0.6 is 34.8 Å². The number of amides is 3. The molecule has 3 amide bonds. The van der Waals surface area contributed by atoms with Crippen LogP contribution in [-0.2, 0) is 14.4 Å². The quantitative estimate of drug-likeness (QED) is 0.717. The van der Waals surface area contributed by atoms with Gasteiger partial charge in [0.05, 0.1) is 16.4 Å². The van der Waals surface area contributed by atoms with E-state index in [1.54, 1.807) is 30.3 Å². The Balaban J connectivity index is 1.49. The second-order valence-electron chi connectivity index (χ2n) is 6.36. The van der Waals surface area contributed by atoms with Crippen molar-refractivity contribution in [3.63, 3.8) is 0 Å². The lowest BCUT2D eigenvalue weighted by Crippen LogP contribution is -2.43. The zero-order chi connectivity index (χ0) is 20.7. The summed E-state index contributed by atoms with van der Waals surface area (Å²) >= 11 is 17.9. The molecule has 1 N–H and O–H groups in total. The van der Waals surface area contributed by atoms with E-state index in [1.807, 2.05) is 0 Å². The van der Waals surface area contributed by atoms with Gasteiger partial charge < -0.3 is 5.32 Å². The Morgan fingerprint density at radius 3 is 2.52 bits per heavy atom. The Morgan fingerprint density at radius 2 is 1.79 bits per heavy atom. The fourth-order valence-electron chi connectivity index (χ4n) is 3.15. The largest absolute Gasteiger partial charge is 0.323 e. The van der Waals surface area contributed by atoms with Crippen LogP contribution in [0.2, 0.25) is 15.1 Å². The molecule has 1 fully saturated rings. The number of rotatable bonds is 4. The SMILES string of the molecule is O=C(CN1N=NC2C(=O)N(c3cccc(Cl)c3)C(=O)C21)Nc1ccc(Cl)cc1Cl. The van der Waals surface area contributed by atoms with E-state index in [0.717, 1.165) is 4.90 Å². The predicted octanol–water partition coefficient (Wildman–Crippen LogP) is 3.58. The first-order valence-electron chi connectivity index (χ1n) is 8.41. The average Bonchev–Trinajstić information content (AvgIpc) is 3.17. The average molecular weight is 453 g/mol. The molecule has 29 heavy (non-hydrogen) atoms. The van der Waals surface area contributed by atoms with Gasteiger partial charge in [0.2, 0.25) is 5.91 Å². The predicted molar refractivity (Wildman–Crippen MR) is 108 cm³/mol. The van der Waals surface area contributed by atoms with Gasteiger partial charge >= 0.3 is 0 Å². The third kappa shape index (κ3) is 3.66. The summed E-state index contributed by atoms with van der Waals surface area (Å²) in [4.78, 5) is 39.0. The Morgan fingerprint density at radius 1 is 1.03 bits per heavy atom. The summed E-state index contributed by atoms with van der Waals surface area (Å²) in [6.45, 7) is -0.286. The number of halogens is 3. The molecule has 8 nitrogen and oxygen atoms in total. The maximum absolute atomic E-state index is 12.9. The van der Waals surface area contributed by atoms with Gasteiger partial charge in [-0.2, -0.15) is 5.11 Å². The first-order chi connectivity index (χ1) is 13.8. The monoisotopic (exact) mass is 451 g/mol. The van der Waals surface area contributed by atoms with E-state index < -0.39 is 29.8 Å². The molecular weight excluding hydrogens is 441 g/mol. The lowest BCUT2D eigenvalue weighted by molar-refractivity contribution is -0.123.